The first-order valence-corrected chi connectivity index (χ1v) is 4.17. The van der Waals surface area contributed by atoms with Crippen LogP contribution in [-0.4, -0.2) is 14.8 Å². The van der Waals surface area contributed by atoms with Crippen molar-refractivity contribution in [1.82, 2.24) is 14.8 Å². The maximum absolute atomic E-state index is 5.58. The van der Waals surface area contributed by atoms with E-state index in [1.54, 1.807) is 4.68 Å². The van der Waals surface area contributed by atoms with Gasteiger partial charge in [0.2, 0.25) is 0 Å². The Morgan fingerprint density at radius 3 is 3.08 bits per heavy atom. The molecule has 0 radical (unpaired) electrons. The molecule has 0 bridgehead atoms. The van der Waals surface area contributed by atoms with E-state index in [9.17, 15) is 0 Å². The Labute approximate surface area is 76.4 Å². The van der Waals surface area contributed by atoms with Crippen LogP contribution in [-0.2, 0) is 13.6 Å². The number of rotatable bonds is 2. The fourth-order valence-corrected chi connectivity index (χ4v) is 1.42. The Morgan fingerprint density at radius 2 is 2.46 bits per heavy atom. The monoisotopic (exact) mass is 176 g/mol. The van der Waals surface area contributed by atoms with E-state index in [2.05, 4.69) is 10.1 Å². The first-order chi connectivity index (χ1) is 6.31. The first kappa shape index (κ1) is 8.07. The predicted octanol–water partition coefficient (Wildman–Crippen LogP) is 0.874. The standard InChI is InChI=1S/C9H12N4/c1-13-6-8(9(4-10)12-13)7-2-3-11-5-7/h2-3,5-6,11H,4,10H2,1H3. The molecule has 2 heterocycles. The van der Waals surface area contributed by atoms with Crippen LogP contribution in [0.1, 0.15) is 5.69 Å². The molecule has 0 unspecified atom stereocenters. The SMILES string of the molecule is Cn1cc(-c2cc[nH]c2)c(CN)n1. The Morgan fingerprint density at radius 1 is 1.62 bits per heavy atom. The second kappa shape index (κ2) is 3.06. The molecule has 0 aromatic carbocycles. The molecule has 0 aliphatic heterocycles. The van der Waals surface area contributed by atoms with Crippen molar-refractivity contribution >= 4 is 0 Å². The second-order valence-electron chi connectivity index (χ2n) is 2.97. The lowest BCUT2D eigenvalue weighted by molar-refractivity contribution is 0.742. The van der Waals surface area contributed by atoms with Crippen molar-refractivity contribution in [3.63, 3.8) is 0 Å². The minimum atomic E-state index is 0.474. The molecular formula is C9H12N4. The molecular weight excluding hydrogens is 164 g/mol. The lowest BCUT2D eigenvalue weighted by atomic mass is 10.1. The summed E-state index contributed by atoms with van der Waals surface area (Å²) in [7, 11) is 1.90. The number of nitrogens with two attached hydrogens (primary N) is 1. The molecule has 0 spiro atoms. The van der Waals surface area contributed by atoms with Gasteiger partial charge in [0.15, 0.2) is 0 Å². The van der Waals surface area contributed by atoms with E-state index in [-0.39, 0.29) is 0 Å². The molecule has 0 aliphatic rings. The number of nitrogens with zero attached hydrogens (tertiary/aromatic N) is 2. The van der Waals surface area contributed by atoms with E-state index in [4.69, 9.17) is 5.73 Å². The number of hydrogen-bond acceptors (Lipinski definition) is 2. The molecule has 0 amide bonds. The maximum Gasteiger partial charge on any atom is 0.0839 e. The van der Waals surface area contributed by atoms with Gasteiger partial charge in [-0.05, 0) is 6.07 Å². The number of H-pyrrole nitrogens is 1. The van der Waals surface area contributed by atoms with Crippen molar-refractivity contribution in [2.75, 3.05) is 0 Å². The molecule has 68 valence electrons. The van der Waals surface area contributed by atoms with Gasteiger partial charge in [0.25, 0.3) is 0 Å². The highest BCUT2D eigenvalue weighted by Gasteiger charge is 2.07. The zero-order valence-electron chi connectivity index (χ0n) is 7.49. The van der Waals surface area contributed by atoms with Crippen molar-refractivity contribution in [3.05, 3.63) is 30.4 Å². The van der Waals surface area contributed by atoms with Crippen molar-refractivity contribution in [2.24, 2.45) is 12.8 Å². The van der Waals surface area contributed by atoms with Gasteiger partial charge >= 0.3 is 0 Å². The van der Waals surface area contributed by atoms with Gasteiger partial charge < -0.3 is 10.7 Å². The molecule has 2 aromatic heterocycles. The summed E-state index contributed by atoms with van der Waals surface area (Å²) in [5.41, 5.74) is 8.75. The summed E-state index contributed by atoms with van der Waals surface area (Å²) < 4.78 is 1.78. The molecule has 2 rings (SSSR count). The highest BCUT2D eigenvalue weighted by atomic mass is 15.3. The van der Waals surface area contributed by atoms with Gasteiger partial charge in [0.05, 0.1) is 5.69 Å². The van der Waals surface area contributed by atoms with Gasteiger partial charge in [-0.2, -0.15) is 5.10 Å². The highest BCUT2D eigenvalue weighted by molar-refractivity contribution is 5.64. The molecule has 0 aliphatic carbocycles. The van der Waals surface area contributed by atoms with Gasteiger partial charge in [0.1, 0.15) is 0 Å². The summed E-state index contributed by atoms with van der Waals surface area (Å²) >= 11 is 0. The van der Waals surface area contributed by atoms with Crippen molar-refractivity contribution < 1.29 is 0 Å². The zero-order chi connectivity index (χ0) is 9.26. The Hall–Kier alpha value is -1.55. The fraction of sp³-hybridized carbons (Fsp3) is 0.222. The Bertz CT molecular complexity index is 386. The van der Waals surface area contributed by atoms with Crippen LogP contribution in [0.2, 0.25) is 0 Å². The van der Waals surface area contributed by atoms with E-state index in [0.717, 1.165) is 16.8 Å². The van der Waals surface area contributed by atoms with E-state index in [1.165, 1.54) is 0 Å². The van der Waals surface area contributed by atoms with Crippen molar-refractivity contribution in [3.8, 4) is 11.1 Å². The summed E-state index contributed by atoms with van der Waals surface area (Å²) in [4.78, 5) is 3.01. The van der Waals surface area contributed by atoms with E-state index in [1.807, 2.05) is 31.7 Å². The molecule has 0 atom stereocenters. The minimum absolute atomic E-state index is 0.474. The second-order valence-corrected chi connectivity index (χ2v) is 2.97. The topological polar surface area (TPSA) is 59.6 Å². The number of nitrogens with one attached hydrogen (secondary N) is 1. The molecule has 4 nitrogen and oxygen atoms in total. The van der Waals surface area contributed by atoms with E-state index < -0.39 is 0 Å². The smallest absolute Gasteiger partial charge is 0.0839 e. The quantitative estimate of drug-likeness (QED) is 0.713. The average molecular weight is 176 g/mol. The molecule has 3 N–H and O–H groups in total. The van der Waals surface area contributed by atoms with Gasteiger partial charge in [-0.15, -0.1) is 0 Å². The van der Waals surface area contributed by atoms with Crippen molar-refractivity contribution in [2.45, 2.75) is 6.54 Å². The van der Waals surface area contributed by atoms with Gasteiger partial charge in [-0.25, -0.2) is 0 Å². The zero-order valence-corrected chi connectivity index (χ0v) is 7.49. The number of hydrogen-bond donors (Lipinski definition) is 2. The van der Waals surface area contributed by atoms with Crippen molar-refractivity contribution in [1.29, 1.82) is 0 Å². The van der Waals surface area contributed by atoms with Gasteiger partial charge in [-0.3, -0.25) is 4.68 Å². The predicted molar refractivity (Wildman–Crippen MR) is 50.9 cm³/mol. The van der Waals surface area contributed by atoms with Crippen LogP contribution < -0.4 is 5.73 Å². The largest absolute Gasteiger partial charge is 0.367 e. The van der Waals surface area contributed by atoms with Crippen LogP contribution >= 0.6 is 0 Å². The van der Waals surface area contributed by atoms with Crippen LogP contribution in [0.25, 0.3) is 11.1 Å². The normalized spacial score (nSPS) is 10.6. The van der Waals surface area contributed by atoms with Gasteiger partial charge in [-0.1, -0.05) is 0 Å². The minimum Gasteiger partial charge on any atom is -0.367 e. The van der Waals surface area contributed by atoms with E-state index >= 15 is 0 Å². The summed E-state index contributed by atoms with van der Waals surface area (Å²) in [5.74, 6) is 0. The summed E-state index contributed by atoms with van der Waals surface area (Å²) in [5, 5.41) is 4.26. The molecule has 13 heavy (non-hydrogen) atoms. The van der Waals surface area contributed by atoms with Crippen LogP contribution in [0, 0.1) is 0 Å². The van der Waals surface area contributed by atoms with Crippen LogP contribution in [0.5, 0.6) is 0 Å². The summed E-state index contributed by atoms with van der Waals surface area (Å²) in [6, 6.07) is 2.01. The fourth-order valence-electron chi connectivity index (χ4n) is 1.42. The number of aromatic nitrogens is 3. The summed E-state index contributed by atoms with van der Waals surface area (Å²) in [6.07, 6.45) is 5.81. The first-order valence-electron chi connectivity index (χ1n) is 4.17. The molecule has 0 fully saturated rings. The van der Waals surface area contributed by atoms with E-state index in [0.29, 0.717) is 6.54 Å². The highest BCUT2D eigenvalue weighted by Crippen LogP contribution is 2.21. The van der Waals surface area contributed by atoms with Crippen LogP contribution in [0.3, 0.4) is 0 Å². The molecule has 0 saturated carbocycles. The molecule has 2 aromatic rings. The lowest BCUT2D eigenvalue weighted by Crippen LogP contribution is -1.99. The van der Waals surface area contributed by atoms with Gasteiger partial charge in [0, 0.05) is 43.3 Å². The van der Waals surface area contributed by atoms with Crippen LogP contribution in [0.15, 0.2) is 24.7 Å². The third-order valence-corrected chi connectivity index (χ3v) is 2.01. The average Bonchev–Trinajstić information content (AvgIpc) is 2.71. The Kier molecular flexibility index (Phi) is 1.90. The lowest BCUT2D eigenvalue weighted by Gasteiger charge is -1.93. The third kappa shape index (κ3) is 1.36. The summed E-state index contributed by atoms with van der Waals surface area (Å²) in [6.45, 7) is 0.474. The molecule has 4 heteroatoms. The number of aryl methyl sites for hydroxylation is 1. The van der Waals surface area contributed by atoms with Crippen LogP contribution in [0.4, 0.5) is 0 Å². The Balaban J connectivity index is 2.50. The third-order valence-electron chi connectivity index (χ3n) is 2.01. The maximum atomic E-state index is 5.58. The number of aromatic amines is 1. The molecule has 0 saturated heterocycles.